The van der Waals surface area contributed by atoms with Crippen LogP contribution in [-0.4, -0.2) is 30.0 Å². The lowest BCUT2D eigenvalue weighted by Gasteiger charge is -2.65. The summed E-state index contributed by atoms with van der Waals surface area (Å²) in [6.45, 7) is 8.02. The molecule has 0 spiro atoms. The van der Waals surface area contributed by atoms with Gasteiger partial charge in [0.2, 0.25) is 0 Å². The number of hydrogen-bond donors (Lipinski definition) is 2. The molecule has 4 rings (SSSR count). The van der Waals surface area contributed by atoms with Crippen molar-refractivity contribution in [3.05, 3.63) is 30.3 Å². The molecular formula is C19H29NO2. The van der Waals surface area contributed by atoms with Crippen LogP contribution < -0.4 is 5.32 Å². The Bertz CT molecular complexity index is 501. The highest BCUT2D eigenvalue weighted by Gasteiger charge is 2.65. The van der Waals surface area contributed by atoms with E-state index in [1.807, 2.05) is 30.3 Å². The second-order valence-electron chi connectivity index (χ2n) is 7.61. The summed E-state index contributed by atoms with van der Waals surface area (Å²) in [5.41, 5.74) is 0.507. The fraction of sp³-hybridized carbons (Fsp3) is 0.684. The van der Waals surface area contributed by atoms with Crippen LogP contribution in [0.2, 0.25) is 0 Å². The average molecular weight is 303 g/mol. The first-order valence-corrected chi connectivity index (χ1v) is 8.61. The lowest BCUT2D eigenvalue weighted by molar-refractivity contribution is -0.258. The lowest BCUT2D eigenvalue weighted by atomic mass is 9.43. The second kappa shape index (κ2) is 5.86. The van der Waals surface area contributed by atoms with E-state index < -0.39 is 5.60 Å². The van der Waals surface area contributed by atoms with Crippen molar-refractivity contribution in [2.45, 2.75) is 51.7 Å². The van der Waals surface area contributed by atoms with E-state index in [9.17, 15) is 5.11 Å². The fourth-order valence-electron chi connectivity index (χ4n) is 4.46. The number of ether oxygens (including phenoxy) is 1. The third-order valence-electron chi connectivity index (χ3n) is 6.00. The molecule has 0 aromatic heterocycles. The first kappa shape index (κ1) is 15.8. The number of fused-ring (bicyclic) bond motifs is 2. The molecule has 2 bridgehead atoms. The zero-order valence-electron chi connectivity index (χ0n) is 14.0. The molecule has 3 aliphatic carbocycles. The van der Waals surface area contributed by atoms with E-state index in [1.165, 1.54) is 0 Å². The molecule has 1 aromatic carbocycles. The van der Waals surface area contributed by atoms with Crippen LogP contribution in [0.1, 0.15) is 40.0 Å². The molecule has 2 N–H and O–H groups in total. The van der Waals surface area contributed by atoms with Gasteiger partial charge in [-0.15, -0.1) is 0 Å². The van der Waals surface area contributed by atoms with Crippen LogP contribution in [0.3, 0.4) is 0 Å². The third kappa shape index (κ3) is 2.55. The number of rotatable bonds is 6. The van der Waals surface area contributed by atoms with E-state index in [2.05, 4.69) is 26.1 Å². The van der Waals surface area contributed by atoms with Gasteiger partial charge in [-0.2, -0.15) is 0 Å². The lowest BCUT2D eigenvalue weighted by Crippen LogP contribution is -2.70. The van der Waals surface area contributed by atoms with Crippen molar-refractivity contribution in [1.29, 1.82) is 0 Å². The van der Waals surface area contributed by atoms with Crippen LogP contribution in [0, 0.1) is 17.3 Å². The van der Waals surface area contributed by atoms with Crippen LogP contribution in [-0.2, 0) is 4.74 Å². The Morgan fingerprint density at radius 1 is 1.23 bits per heavy atom. The molecule has 0 amide bonds. The number of nitrogens with one attached hydrogen (secondary N) is 1. The normalized spacial score (nSPS) is 35.7. The number of aliphatic hydroxyl groups is 1. The molecule has 3 aliphatic rings. The summed E-state index contributed by atoms with van der Waals surface area (Å²) in [5, 5.41) is 14.9. The van der Waals surface area contributed by atoms with E-state index in [4.69, 9.17) is 4.74 Å². The minimum atomic E-state index is -0.775. The molecular weight excluding hydrogens is 274 g/mol. The maximum atomic E-state index is 11.5. The van der Waals surface area contributed by atoms with E-state index in [-0.39, 0.29) is 11.5 Å². The molecule has 0 saturated heterocycles. The van der Waals surface area contributed by atoms with Crippen molar-refractivity contribution in [2.24, 2.45) is 17.3 Å². The number of hydrogen-bond acceptors (Lipinski definition) is 3. The standard InChI is InChI=1S/C19H29NO2/c1-4-10-22-17-12-14-11-16(18(14,2)3)19(17,21)13-20-15-8-6-5-7-9-15/h5-9,14,16-17,20-21H,4,10-13H2,1-3H3/t14-,16-,17+,19-/m1/s1. The first-order valence-electron chi connectivity index (χ1n) is 8.61. The summed E-state index contributed by atoms with van der Waals surface area (Å²) in [6.07, 6.45) is 3.07. The molecule has 4 atom stereocenters. The van der Waals surface area contributed by atoms with Gasteiger partial charge in [0.05, 0.1) is 6.10 Å². The molecule has 3 nitrogen and oxygen atoms in total. The highest BCUT2D eigenvalue weighted by Crippen LogP contribution is 2.63. The van der Waals surface area contributed by atoms with E-state index in [0.717, 1.165) is 31.6 Å². The monoisotopic (exact) mass is 303 g/mol. The Labute approximate surface area is 134 Å². The maximum absolute atomic E-state index is 11.5. The largest absolute Gasteiger partial charge is 0.385 e. The summed E-state index contributed by atoms with van der Waals surface area (Å²) < 4.78 is 6.04. The summed E-state index contributed by atoms with van der Waals surface area (Å²) >= 11 is 0. The summed E-state index contributed by atoms with van der Waals surface area (Å²) in [5.74, 6) is 1.01. The van der Waals surface area contributed by atoms with Crippen LogP contribution in [0.4, 0.5) is 5.69 Å². The van der Waals surface area contributed by atoms with Gasteiger partial charge < -0.3 is 15.2 Å². The average Bonchev–Trinajstić information content (AvgIpc) is 2.52. The van der Waals surface area contributed by atoms with E-state index in [0.29, 0.717) is 18.4 Å². The fourth-order valence-corrected chi connectivity index (χ4v) is 4.46. The van der Waals surface area contributed by atoms with Gasteiger partial charge in [0.1, 0.15) is 5.60 Å². The Kier molecular flexibility index (Phi) is 4.21. The van der Waals surface area contributed by atoms with Crippen LogP contribution in [0.5, 0.6) is 0 Å². The molecule has 3 fully saturated rings. The van der Waals surface area contributed by atoms with E-state index in [1.54, 1.807) is 0 Å². The Morgan fingerprint density at radius 3 is 2.59 bits per heavy atom. The van der Waals surface area contributed by atoms with Gasteiger partial charge in [-0.1, -0.05) is 39.0 Å². The molecule has 122 valence electrons. The molecule has 22 heavy (non-hydrogen) atoms. The number of anilines is 1. The molecule has 0 aliphatic heterocycles. The molecule has 0 radical (unpaired) electrons. The smallest absolute Gasteiger partial charge is 0.111 e. The molecule has 3 heteroatoms. The van der Waals surface area contributed by atoms with Crippen LogP contribution >= 0.6 is 0 Å². The van der Waals surface area contributed by atoms with E-state index >= 15 is 0 Å². The minimum Gasteiger partial charge on any atom is -0.385 e. The first-order chi connectivity index (χ1) is 10.5. The quantitative estimate of drug-likeness (QED) is 0.842. The van der Waals surface area contributed by atoms with Gasteiger partial charge in [0, 0.05) is 18.8 Å². The predicted molar refractivity (Wildman–Crippen MR) is 89.9 cm³/mol. The Morgan fingerprint density at radius 2 is 1.95 bits per heavy atom. The van der Waals surface area contributed by atoms with Crippen molar-refractivity contribution in [3.63, 3.8) is 0 Å². The number of benzene rings is 1. The van der Waals surface area contributed by atoms with Gasteiger partial charge in [-0.25, -0.2) is 0 Å². The van der Waals surface area contributed by atoms with Gasteiger partial charge in [0.25, 0.3) is 0 Å². The molecule has 0 heterocycles. The minimum absolute atomic E-state index is 0.0413. The van der Waals surface area contributed by atoms with Crippen molar-refractivity contribution < 1.29 is 9.84 Å². The summed E-state index contributed by atoms with van der Waals surface area (Å²) in [6, 6.07) is 10.1. The Hall–Kier alpha value is -1.06. The maximum Gasteiger partial charge on any atom is 0.111 e. The zero-order chi connectivity index (χ0) is 15.8. The van der Waals surface area contributed by atoms with Crippen LogP contribution in [0.25, 0.3) is 0 Å². The SMILES string of the molecule is CCCO[C@H]1C[C@H]2C[C@H](C2(C)C)[C@]1(O)CNc1ccccc1. The van der Waals surface area contributed by atoms with Gasteiger partial charge >= 0.3 is 0 Å². The van der Waals surface area contributed by atoms with Gasteiger partial charge in [-0.3, -0.25) is 0 Å². The zero-order valence-corrected chi connectivity index (χ0v) is 14.0. The van der Waals surface area contributed by atoms with Crippen LogP contribution in [0.15, 0.2) is 30.3 Å². The second-order valence-corrected chi connectivity index (χ2v) is 7.61. The van der Waals surface area contributed by atoms with Crippen molar-refractivity contribution >= 4 is 5.69 Å². The van der Waals surface area contributed by atoms with Crippen molar-refractivity contribution in [2.75, 3.05) is 18.5 Å². The highest BCUT2D eigenvalue weighted by molar-refractivity contribution is 5.43. The predicted octanol–water partition coefficient (Wildman–Crippen LogP) is 3.69. The summed E-state index contributed by atoms with van der Waals surface area (Å²) in [7, 11) is 0. The summed E-state index contributed by atoms with van der Waals surface area (Å²) in [4.78, 5) is 0. The third-order valence-corrected chi connectivity index (χ3v) is 6.00. The molecule has 3 saturated carbocycles. The molecule has 1 aromatic rings. The topological polar surface area (TPSA) is 41.5 Å². The van der Waals surface area contributed by atoms with Gasteiger partial charge in [-0.05, 0) is 48.6 Å². The van der Waals surface area contributed by atoms with Gasteiger partial charge in [0.15, 0.2) is 0 Å². The van der Waals surface area contributed by atoms with Crippen molar-refractivity contribution in [3.8, 4) is 0 Å². The Balaban J connectivity index is 1.75. The molecule has 0 unspecified atom stereocenters. The highest BCUT2D eigenvalue weighted by atomic mass is 16.5. The number of para-hydroxylation sites is 1. The van der Waals surface area contributed by atoms with Crippen molar-refractivity contribution in [1.82, 2.24) is 0 Å².